The lowest BCUT2D eigenvalue weighted by Gasteiger charge is -2.24. The summed E-state index contributed by atoms with van der Waals surface area (Å²) < 4.78 is 0. The van der Waals surface area contributed by atoms with Gasteiger partial charge in [-0.25, -0.2) is 0 Å². The second kappa shape index (κ2) is 5.52. The largest absolute Gasteiger partial charge is 0.0683 e. The molecule has 0 nitrogen and oxygen atoms in total. The third-order valence-electron chi connectivity index (χ3n) is 4.60. The molecule has 21 heavy (non-hydrogen) atoms. The first-order valence-electron chi connectivity index (χ1n) is 8.25. The number of rotatable bonds is 1. The van der Waals surface area contributed by atoms with E-state index in [0.717, 1.165) is 6.42 Å². The molecule has 0 saturated heterocycles. The van der Waals surface area contributed by atoms with Crippen molar-refractivity contribution >= 4 is 21.5 Å². The van der Waals surface area contributed by atoms with Crippen LogP contribution in [-0.4, -0.2) is 0 Å². The van der Waals surface area contributed by atoms with E-state index in [1.165, 1.54) is 39.1 Å². The van der Waals surface area contributed by atoms with Crippen LogP contribution in [0.3, 0.4) is 0 Å². The molecule has 0 heteroatoms. The molecule has 0 saturated carbocycles. The van der Waals surface area contributed by atoms with Crippen LogP contribution in [0.1, 0.15) is 50.3 Å². The van der Waals surface area contributed by atoms with Gasteiger partial charge >= 0.3 is 0 Å². The molecule has 1 aliphatic rings. The minimum atomic E-state index is 0.633. The molecule has 3 aromatic carbocycles. The molecule has 0 aromatic heterocycles. The molecule has 1 unspecified atom stereocenters. The molecular weight excluding hydrogens is 252 g/mol. The minimum Gasteiger partial charge on any atom is -0.0683 e. The highest BCUT2D eigenvalue weighted by atomic mass is 14.2. The average molecular weight is 276 g/mol. The van der Waals surface area contributed by atoms with Gasteiger partial charge in [0, 0.05) is 0 Å². The summed E-state index contributed by atoms with van der Waals surface area (Å²) in [5.41, 5.74) is 4.54. The molecule has 1 aliphatic carbocycles. The Balaban J connectivity index is 0.000000636. The first kappa shape index (κ1) is 14.1. The van der Waals surface area contributed by atoms with Gasteiger partial charge in [0.2, 0.25) is 0 Å². The molecule has 0 bridgehead atoms. The maximum absolute atomic E-state index is 2.42. The minimum absolute atomic E-state index is 0.633. The molecule has 0 radical (unpaired) electrons. The summed E-state index contributed by atoms with van der Waals surface area (Å²) in [4.78, 5) is 0. The Morgan fingerprint density at radius 2 is 1.71 bits per heavy atom. The normalized spacial score (nSPS) is 16.1. The summed E-state index contributed by atoms with van der Waals surface area (Å²) in [5, 5.41) is 5.81. The van der Waals surface area contributed by atoms with Crippen molar-refractivity contribution in [2.75, 3.05) is 0 Å². The molecule has 108 valence electrons. The van der Waals surface area contributed by atoms with Crippen molar-refractivity contribution < 1.29 is 0 Å². The average Bonchev–Trinajstić information content (AvgIpc) is 2.55. The van der Waals surface area contributed by atoms with E-state index in [-0.39, 0.29) is 0 Å². The van der Waals surface area contributed by atoms with Crippen LogP contribution in [0, 0.1) is 0 Å². The van der Waals surface area contributed by atoms with Gasteiger partial charge in [0.25, 0.3) is 0 Å². The lowest BCUT2D eigenvalue weighted by atomic mass is 9.80. The molecule has 0 amide bonds. The summed E-state index contributed by atoms with van der Waals surface area (Å²) >= 11 is 0. The van der Waals surface area contributed by atoms with E-state index >= 15 is 0 Å². The van der Waals surface area contributed by atoms with Crippen LogP contribution in [-0.2, 0) is 12.8 Å². The summed E-state index contributed by atoms with van der Waals surface area (Å²) in [5.74, 6) is 0.633. The fourth-order valence-corrected chi connectivity index (χ4v) is 3.64. The van der Waals surface area contributed by atoms with Crippen LogP contribution in [0.2, 0.25) is 0 Å². The van der Waals surface area contributed by atoms with Crippen LogP contribution in [0.5, 0.6) is 0 Å². The van der Waals surface area contributed by atoms with Crippen molar-refractivity contribution in [1.29, 1.82) is 0 Å². The van der Waals surface area contributed by atoms with Crippen molar-refractivity contribution in [3.63, 3.8) is 0 Å². The van der Waals surface area contributed by atoms with Crippen molar-refractivity contribution in [2.24, 2.45) is 0 Å². The van der Waals surface area contributed by atoms with Crippen LogP contribution < -0.4 is 0 Å². The van der Waals surface area contributed by atoms with Gasteiger partial charge in [-0.2, -0.15) is 0 Å². The second-order valence-electron chi connectivity index (χ2n) is 5.82. The number of hydrogen-bond donors (Lipinski definition) is 0. The smallest absolute Gasteiger partial charge is 0.00677 e. The van der Waals surface area contributed by atoms with Crippen molar-refractivity contribution in [3.8, 4) is 0 Å². The second-order valence-corrected chi connectivity index (χ2v) is 5.82. The third-order valence-corrected chi connectivity index (χ3v) is 4.60. The topological polar surface area (TPSA) is 0 Å². The van der Waals surface area contributed by atoms with E-state index in [4.69, 9.17) is 0 Å². The predicted octanol–water partition coefficient (Wildman–Crippen LogP) is 6.24. The van der Waals surface area contributed by atoms with Gasteiger partial charge in [-0.1, -0.05) is 70.2 Å². The zero-order chi connectivity index (χ0) is 15.0. The lowest BCUT2D eigenvalue weighted by molar-refractivity contribution is 0.762. The third kappa shape index (κ3) is 2.14. The van der Waals surface area contributed by atoms with Crippen LogP contribution in [0.25, 0.3) is 21.5 Å². The molecule has 0 spiro atoms. The highest BCUT2D eigenvalue weighted by Gasteiger charge is 2.20. The Kier molecular flexibility index (Phi) is 3.71. The maximum atomic E-state index is 2.42. The van der Waals surface area contributed by atoms with Gasteiger partial charge < -0.3 is 0 Å². The first-order chi connectivity index (χ1) is 10.3. The monoisotopic (exact) mass is 276 g/mol. The van der Waals surface area contributed by atoms with E-state index in [2.05, 4.69) is 56.3 Å². The fourth-order valence-electron chi connectivity index (χ4n) is 3.64. The molecule has 0 heterocycles. The maximum Gasteiger partial charge on any atom is -0.00677 e. The van der Waals surface area contributed by atoms with Crippen LogP contribution in [0.4, 0.5) is 0 Å². The molecule has 1 atom stereocenters. The Bertz CT molecular complexity index is 796. The van der Waals surface area contributed by atoms with E-state index in [1.807, 2.05) is 13.8 Å². The Morgan fingerprint density at radius 1 is 0.952 bits per heavy atom. The molecular formula is C21H24. The number of benzene rings is 3. The van der Waals surface area contributed by atoms with E-state index in [9.17, 15) is 0 Å². The molecule has 0 N–H and O–H groups in total. The highest BCUT2D eigenvalue weighted by molar-refractivity contribution is 6.12. The van der Waals surface area contributed by atoms with Gasteiger partial charge in [-0.15, -0.1) is 0 Å². The zero-order valence-electron chi connectivity index (χ0n) is 13.5. The van der Waals surface area contributed by atoms with E-state index < -0.39 is 0 Å². The quantitative estimate of drug-likeness (QED) is 0.461. The Labute approximate surface area is 127 Å². The van der Waals surface area contributed by atoms with Crippen molar-refractivity contribution in [3.05, 3.63) is 59.2 Å². The first-order valence-corrected chi connectivity index (χ1v) is 8.25. The molecule has 0 fully saturated rings. The van der Waals surface area contributed by atoms with Crippen LogP contribution in [0.15, 0.2) is 42.5 Å². The van der Waals surface area contributed by atoms with Gasteiger partial charge in [0.05, 0.1) is 0 Å². The highest BCUT2D eigenvalue weighted by Crippen LogP contribution is 2.40. The van der Waals surface area contributed by atoms with Gasteiger partial charge in [0.1, 0.15) is 0 Å². The Hall–Kier alpha value is -1.82. The van der Waals surface area contributed by atoms with Gasteiger partial charge in [-0.3, -0.25) is 0 Å². The summed E-state index contributed by atoms with van der Waals surface area (Å²) in [6.45, 7) is 8.60. The van der Waals surface area contributed by atoms with E-state index in [1.54, 1.807) is 5.56 Å². The summed E-state index contributed by atoms with van der Waals surface area (Å²) in [6, 6.07) is 16.1. The summed E-state index contributed by atoms with van der Waals surface area (Å²) in [6.07, 6.45) is 2.30. The van der Waals surface area contributed by atoms with Crippen molar-refractivity contribution in [2.45, 2.75) is 46.5 Å². The molecule has 0 aliphatic heterocycles. The fraction of sp³-hybridized carbons (Fsp3) is 0.333. The molecule has 4 rings (SSSR count). The zero-order valence-corrected chi connectivity index (χ0v) is 13.5. The number of hydrogen-bond acceptors (Lipinski definition) is 0. The standard InChI is InChI=1S/C19H18.C2H6/c1-3-13-10-15-8-7-14-5-4-6-17-12(2)9-16(11-13)18(15)19(14)17;1-2/h4-8,10-12H,3,9H2,1-2H3;1-2H3. The number of aryl methyl sites for hydroxylation is 1. The predicted molar refractivity (Wildman–Crippen MR) is 94.3 cm³/mol. The van der Waals surface area contributed by atoms with Gasteiger partial charge in [-0.05, 0) is 57.0 Å². The SMILES string of the molecule is CC.CCc1cc2c3c(ccc4cccc(c43)C(C)C2)c1. The summed E-state index contributed by atoms with van der Waals surface area (Å²) in [7, 11) is 0. The van der Waals surface area contributed by atoms with E-state index in [0.29, 0.717) is 5.92 Å². The van der Waals surface area contributed by atoms with Crippen molar-refractivity contribution in [1.82, 2.24) is 0 Å². The van der Waals surface area contributed by atoms with Gasteiger partial charge in [0.15, 0.2) is 0 Å². The molecule has 3 aromatic rings. The Morgan fingerprint density at radius 3 is 2.48 bits per heavy atom. The lowest BCUT2D eigenvalue weighted by Crippen LogP contribution is -2.06. The van der Waals surface area contributed by atoms with Crippen LogP contribution >= 0.6 is 0 Å².